The molecule has 3 rings (SSSR count). The number of amides is 1. The third-order valence-electron chi connectivity index (χ3n) is 4.74. The number of alkyl halides is 3. The van der Waals surface area contributed by atoms with E-state index >= 15 is 0 Å². The average molecular weight is 443 g/mol. The molecule has 0 unspecified atom stereocenters. The Morgan fingerprint density at radius 3 is 2.31 bits per heavy atom. The highest BCUT2D eigenvalue weighted by Gasteiger charge is 2.38. The van der Waals surface area contributed by atoms with Crippen LogP contribution in [0.15, 0.2) is 60.8 Å². The molecule has 0 fully saturated rings. The fraction of sp³-hybridized carbons (Fsp3) is 0.250. The smallest absolute Gasteiger partial charge is 0.434 e. The van der Waals surface area contributed by atoms with E-state index in [0.29, 0.717) is 18.0 Å². The zero-order valence-corrected chi connectivity index (χ0v) is 17.8. The second-order valence-electron chi connectivity index (χ2n) is 7.42. The van der Waals surface area contributed by atoms with Gasteiger partial charge < -0.3 is 15.4 Å². The molecule has 32 heavy (non-hydrogen) atoms. The maximum atomic E-state index is 13.3. The minimum atomic E-state index is -4.74. The number of hydrogen-bond donors (Lipinski definition) is 1. The largest absolute Gasteiger partial charge is 0.489 e. The van der Waals surface area contributed by atoms with E-state index in [4.69, 9.17) is 10.5 Å². The van der Waals surface area contributed by atoms with Crippen LogP contribution in [-0.4, -0.2) is 24.0 Å². The van der Waals surface area contributed by atoms with Gasteiger partial charge in [0.15, 0.2) is 5.69 Å². The molecule has 2 N–H and O–H groups in total. The first-order valence-electron chi connectivity index (χ1n) is 10.0. The minimum absolute atomic E-state index is 0.0494. The second kappa shape index (κ2) is 9.82. The van der Waals surface area contributed by atoms with E-state index in [1.54, 1.807) is 24.3 Å². The summed E-state index contributed by atoms with van der Waals surface area (Å²) in [6.45, 7) is 4.53. The Hall–Kier alpha value is -3.39. The highest BCUT2D eigenvalue weighted by atomic mass is 19.4. The van der Waals surface area contributed by atoms with Crippen LogP contribution in [0.1, 0.15) is 32.7 Å². The number of benzene rings is 2. The molecule has 0 saturated carbocycles. The number of ether oxygens (including phenoxy) is 1. The van der Waals surface area contributed by atoms with E-state index in [9.17, 15) is 18.0 Å². The monoisotopic (exact) mass is 443 g/mol. The van der Waals surface area contributed by atoms with Crippen molar-refractivity contribution in [2.24, 2.45) is 5.73 Å². The minimum Gasteiger partial charge on any atom is -0.489 e. The van der Waals surface area contributed by atoms with Gasteiger partial charge in [-0.05, 0) is 55.8 Å². The summed E-state index contributed by atoms with van der Waals surface area (Å²) in [5.41, 5.74) is 7.60. The summed E-state index contributed by atoms with van der Waals surface area (Å²) < 4.78 is 45.8. The van der Waals surface area contributed by atoms with Crippen molar-refractivity contribution >= 4 is 11.6 Å². The summed E-state index contributed by atoms with van der Waals surface area (Å²) in [4.78, 5) is 17.5. The van der Waals surface area contributed by atoms with Crippen LogP contribution in [0.5, 0.6) is 5.75 Å². The van der Waals surface area contributed by atoms with Gasteiger partial charge in [0.05, 0.1) is 5.56 Å². The van der Waals surface area contributed by atoms with Gasteiger partial charge in [0, 0.05) is 25.0 Å². The van der Waals surface area contributed by atoms with E-state index in [1.165, 1.54) is 11.0 Å². The number of halogens is 3. The van der Waals surface area contributed by atoms with E-state index in [-0.39, 0.29) is 13.1 Å². The lowest BCUT2D eigenvalue weighted by molar-refractivity contribution is -0.141. The average Bonchev–Trinajstić information content (AvgIpc) is 2.75. The Balaban J connectivity index is 1.80. The topological polar surface area (TPSA) is 68.5 Å². The van der Waals surface area contributed by atoms with Crippen LogP contribution in [0.2, 0.25) is 0 Å². The predicted molar refractivity (Wildman–Crippen MR) is 117 cm³/mol. The van der Waals surface area contributed by atoms with Gasteiger partial charge in [-0.1, -0.05) is 29.3 Å². The highest BCUT2D eigenvalue weighted by molar-refractivity contribution is 6.07. The fourth-order valence-electron chi connectivity index (χ4n) is 3.47. The van der Waals surface area contributed by atoms with Crippen LogP contribution >= 0.6 is 0 Å². The molecule has 0 aliphatic carbocycles. The normalized spacial score (nSPS) is 11.3. The zero-order valence-electron chi connectivity index (χ0n) is 17.8. The standard InChI is InChI=1S/C24H24F3N3O2/c1-16-12-17(2)14-18(13-16)15-32-20-7-5-19(6-8-20)30(11-9-28)23(31)21-4-3-10-29-22(21)24(25,26)27/h3-8,10,12-14H,9,11,15,28H2,1-2H3. The summed E-state index contributed by atoms with van der Waals surface area (Å²) in [5, 5.41) is 0. The number of rotatable bonds is 7. The van der Waals surface area contributed by atoms with Crippen molar-refractivity contribution in [1.29, 1.82) is 0 Å². The molecule has 168 valence electrons. The molecule has 0 saturated heterocycles. The van der Waals surface area contributed by atoms with Gasteiger partial charge >= 0.3 is 6.18 Å². The molecular weight excluding hydrogens is 419 g/mol. The lowest BCUT2D eigenvalue weighted by atomic mass is 10.1. The second-order valence-corrected chi connectivity index (χ2v) is 7.42. The van der Waals surface area contributed by atoms with Gasteiger partial charge in [0.2, 0.25) is 0 Å². The van der Waals surface area contributed by atoms with Crippen molar-refractivity contribution in [1.82, 2.24) is 4.98 Å². The first kappa shape index (κ1) is 23.3. The summed E-state index contributed by atoms with van der Waals surface area (Å²) >= 11 is 0. The molecule has 5 nitrogen and oxygen atoms in total. The molecule has 0 aliphatic rings. The maximum Gasteiger partial charge on any atom is 0.434 e. The highest BCUT2D eigenvalue weighted by Crippen LogP contribution is 2.31. The van der Waals surface area contributed by atoms with Crippen molar-refractivity contribution in [3.8, 4) is 5.75 Å². The van der Waals surface area contributed by atoms with Crippen LogP contribution in [0.25, 0.3) is 0 Å². The van der Waals surface area contributed by atoms with Crippen molar-refractivity contribution in [3.63, 3.8) is 0 Å². The Bertz CT molecular complexity index is 1060. The summed E-state index contributed by atoms with van der Waals surface area (Å²) in [5.74, 6) is -0.245. The number of nitrogens with zero attached hydrogens (tertiary/aromatic N) is 2. The van der Waals surface area contributed by atoms with Crippen LogP contribution in [-0.2, 0) is 12.8 Å². The van der Waals surface area contributed by atoms with Crippen molar-refractivity contribution in [3.05, 3.63) is 88.7 Å². The zero-order chi connectivity index (χ0) is 23.3. The number of aromatic nitrogens is 1. The first-order valence-corrected chi connectivity index (χ1v) is 10.0. The Morgan fingerprint density at radius 2 is 1.72 bits per heavy atom. The molecule has 0 aliphatic heterocycles. The van der Waals surface area contributed by atoms with Crippen molar-refractivity contribution in [2.75, 3.05) is 18.0 Å². The molecule has 0 spiro atoms. The van der Waals surface area contributed by atoms with Gasteiger partial charge in [-0.25, -0.2) is 0 Å². The van der Waals surface area contributed by atoms with Gasteiger partial charge in [-0.3, -0.25) is 9.78 Å². The molecule has 8 heteroatoms. The Morgan fingerprint density at radius 1 is 1.06 bits per heavy atom. The number of nitrogens with two attached hydrogens (primary N) is 1. The van der Waals surface area contributed by atoms with Crippen LogP contribution in [0.3, 0.4) is 0 Å². The quantitative estimate of drug-likeness (QED) is 0.564. The van der Waals surface area contributed by atoms with Gasteiger partial charge in [-0.2, -0.15) is 13.2 Å². The molecule has 0 bridgehead atoms. The number of carbonyl (C=O) groups excluding carboxylic acids is 1. The third kappa shape index (κ3) is 5.64. The van der Waals surface area contributed by atoms with Crippen molar-refractivity contribution < 1.29 is 22.7 Å². The van der Waals surface area contributed by atoms with E-state index in [1.807, 2.05) is 26.0 Å². The number of pyridine rings is 1. The number of hydrogen-bond acceptors (Lipinski definition) is 4. The summed E-state index contributed by atoms with van der Waals surface area (Å²) in [6.07, 6.45) is -3.73. The predicted octanol–water partition coefficient (Wildman–Crippen LogP) is 4.90. The summed E-state index contributed by atoms with van der Waals surface area (Å²) in [6, 6.07) is 15.1. The molecule has 1 amide bonds. The van der Waals surface area contributed by atoms with Crippen LogP contribution in [0.4, 0.5) is 18.9 Å². The van der Waals surface area contributed by atoms with E-state index in [0.717, 1.165) is 29.0 Å². The van der Waals surface area contributed by atoms with Gasteiger partial charge in [-0.15, -0.1) is 0 Å². The van der Waals surface area contributed by atoms with E-state index < -0.39 is 23.3 Å². The molecular formula is C24H24F3N3O2. The van der Waals surface area contributed by atoms with Crippen LogP contribution in [0, 0.1) is 13.8 Å². The lowest BCUT2D eigenvalue weighted by Gasteiger charge is -2.24. The molecule has 1 aromatic heterocycles. The van der Waals surface area contributed by atoms with Gasteiger partial charge in [0.1, 0.15) is 12.4 Å². The number of carbonyl (C=O) groups is 1. The molecule has 3 aromatic rings. The van der Waals surface area contributed by atoms with E-state index in [2.05, 4.69) is 11.1 Å². The maximum absolute atomic E-state index is 13.3. The van der Waals surface area contributed by atoms with Crippen molar-refractivity contribution in [2.45, 2.75) is 26.6 Å². The lowest BCUT2D eigenvalue weighted by Crippen LogP contribution is -2.36. The van der Waals surface area contributed by atoms with Gasteiger partial charge in [0.25, 0.3) is 5.91 Å². The van der Waals surface area contributed by atoms with Crippen LogP contribution < -0.4 is 15.4 Å². The molecule has 2 aromatic carbocycles. The Kier molecular flexibility index (Phi) is 7.15. The fourth-order valence-corrected chi connectivity index (χ4v) is 3.47. The molecule has 0 atom stereocenters. The molecule has 1 heterocycles. The SMILES string of the molecule is Cc1cc(C)cc(COc2ccc(N(CCN)C(=O)c3cccnc3C(F)(F)F)cc2)c1. The number of aryl methyl sites for hydroxylation is 2. The number of anilines is 1. The third-order valence-corrected chi connectivity index (χ3v) is 4.74. The summed E-state index contributed by atoms with van der Waals surface area (Å²) in [7, 11) is 0. The molecule has 0 radical (unpaired) electrons. The Labute approximate surface area is 184 Å². The first-order chi connectivity index (χ1) is 15.2.